The third kappa shape index (κ3) is 3.15. The monoisotopic (exact) mass is 248 g/mol. The quantitative estimate of drug-likeness (QED) is 0.844. The third-order valence-corrected chi connectivity index (χ3v) is 3.54. The Morgan fingerprint density at radius 3 is 2.72 bits per heavy atom. The minimum atomic E-state index is -0.104. The summed E-state index contributed by atoms with van der Waals surface area (Å²) in [5.74, 6) is 0.160. The van der Waals surface area contributed by atoms with Crippen LogP contribution in [0.2, 0.25) is 0 Å². The number of hydrogen-bond acceptors (Lipinski definition) is 2. The highest BCUT2D eigenvalue weighted by atomic mass is 16.3. The van der Waals surface area contributed by atoms with Gasteiger partial charge in [-0.2, -0.15) is 0 Å². The molecule has 0 aromatic heterocycles. The molecule has 0 spiro atoms. The number of anilines is 1. The van der Waals surface area contributed by atoms with Crippen LogP contribution in [0, 0.1) is 0 Å². The summed E-state index contributed by atoms with van der Waals surface area (Å²) in [6, 6.07) is 6.86. The second kappa shape index (κ2) is 5.76. The molecule has 0 unspecified atom stereocenters. The van der Waals surface area contributed by atoms with Crippen molar-refractivity contribution in [2.45, 2.75) is 38.1 Å². The lowest BCUT2D eigenvalue weighted by Gasteiger charge is -2.31. The Bertz CT molecular complexity index is 414. The van der Waals surface area contributed by atoms with E-state index in [-0.39, 0.29) is 11.8 Å². The number of carbonyl (C=O) groups is 1. The van der Waals surface area contributed by atoms with E-state index in [1.807, 2.05) is 7.05 Å². The summed E-state index contributed by atoms with van der Waals surface area (Å²) in [7, 11) is 1.84. The van der Waals surface area contributed by atoms with Crippen molar-refractivity contribution in [3.63, 3.8) is 0 Å². The number of phenols is 1. The van der Waals surface area contributed by atoms with Crippen LogP contribution in [0.5, 0.6) is 5.75 Å². The fraction of sp³-hybridized carbons (Fsp3) is 0.500. The lowest BCUT2D eigenvalue weighted by Crippen LogP contribution is -2.40. The van der Waals surface area contributed by atoms with Gasteiger partial charge in [0.05, 0.1) is 0 Å². The zero-order valence-electron chi connectivity index (χ0n) is 10.7. The first-order valence-electron chi connectivity index (χ1n) is 6.49. The molecule has 18 heavy (non-hydrogen) atoms. The Hall–Kier alpha value is -1.71. The Balaban J connectivity index is 1.94. The summed E-state index contributed by atoms with van der Waals surface area (Å²) >= 11 is 0. The van der Waals surface area contributed by atoms with E-state index < -0.39 is 0 Å². The molecule has 0 heterocycles. The predicted octanol–water partition coefficient (Wildman–Crippen LogP) is 3.19. The summed E-state index contributed by atoms with van der Waals surface area (Å²) in [6.07, 6.45) is 5.86. The van der Waals surface area contributed by atoms with Crippen molar-refractivity contribution >= 4 is 11.7 Å². The van der Waals surface area contributed by atoms with Gasteiger partial charge in [0.15, 0.2) is 0 Å². The van der Waals surface area contributed by atoms with Crippen molar-refractivity contribution in [1.29, 1.82) is 0 Å². The maximum Gasteiger partial charge on any atom is 0.321 e. The van der Waals surface area contributed by atoms with Crippen molar-refractivity contribution in [3.8, 4) is 5.75 Å². The van der Waals surface area contributed by atoms with E-state index in [1.54, 1.807) is 29.2 Å². The molecule has 1 fully saturated rings. The van der Waals surface area contributed by atoms with Gasteiger partial charge in [-0.05, 0) is 25.0 Å². The largest absolute Gasteiger partial charge is 0.508 e. The van der Waals surface area contributed by atoms with Gasteiger partial charge in [0.25, 0.3) is 0 Å². The molecule has 4 nitrogen and oxygen atoms in total. The molecule has 4 heteroatoms. The Kier molecular flexibility index (Phi) is 4.07. The highest BCUT2D eigenvalue weighted by molar-refractivity contribution is 5.89. The van der Waals surface area contributed by atoms with Crippen LogP contribution in [0.1, 0.15) is 32.1 Å². The maximum absolute atomic E-state index is 12.1. The third-order valence-electron chi connectivity index (χ3n) is 3.54. The fourth-order valence-corrected chi connectivity index (χ4v) is 2.43. The van der Waals surface area contributed by atoms with Gasteiger partial charge in [0, 0.05) is 24.8 Å². The molecule has 0 radical (unpaired) electrons. The fourth-order valence-electron chi connectivity index (χ4n) is 2.43. The number of urea groups is 1. The van der Waals surface area contributed by atoms with Crippen molar-refractivity contribution < 1.29 is 9.90 Å². The zero-order chi connectivity index (χ0) is 13.0. The van der Waals surface area contributed by atoms with E-state index in [0.717, 1.165) is 12.8 Å². The molecule has 0 aliphatic heterocycles. The first-order chi connectivity index (χ1) is 8.66. The standard InChI is InChI=1S/C14H20N2O2/c1-16(12-7-3-2-4-8-12)14(18)15-11-6-5-9-13(17)10-11/h5-6,9-10,12,17H,2-4,7-8H2,1H3,(H,15,18). The number of nitrogens with one attached hydrogen (secondary N) is 1. The summed E-state index contributed by atoms with van der Waals surface area (Å²) in [4.78, 5) is 13.8. The Morgan fingerprint density at radius 1 is 1.33 bits per heavy atom. The predicted molar refractivity (Wildman–Crippen MR) is 71.8 cm³/mol. The van der Waals surface area contributed by atoms with E-state index in [4.69, 9.17) is 0 Å². The second-order valence-corrected chi connectivity index (χ2v) is 4.88. The average molecular weight is 248 g/mol. The zero-order valence-corrected chi connectivity index (χ0v) is 10.7. The molecule has 1 aromatic carbocycles. The molecule has 1 aliphatic rings. The summed E-state index contributed by atoms with van der Waals surface area (Å²) in [5, 5.41) is 12.2. The first kappa shape index (κ1) is 12.7. The number of nitrogens with zero attached hydrogens (tertiary/aromatic N) is 1. The van der Waals surface area contributed by atoms with Crippen LogP contribution in [-0.2, 0) is 0 Å². The van der Waals surface area contributed by atoms with Gasteiger partial charge in [0.2, 0.25) is 0 Å². The van der Waals surface area contributed by atoms with Crippen LogP contribution in [0.4, 0.5) is 10.5 Å². The SMILES string of the molecule is CN(C(=O)Nc1cccc(O)c1)C1CCCCC1. The minimum Gasteiger partial charge on any atom is -0.508 e. The van der Waals surface area contributed by atoms with Gasteiger partial charge in [-0.3, -0.25) is 0 Å². The lowest BCUT2D eigenvalue weighted by atomic mass is 9.95. The average Bonchev–Trinajstić information content (AvgIpc) is 2.39. The first-order valence-corrected chi connectivity index (χ1v) is 6.49. The van der Waals surface area contributed by atoms with Gasteiger partial charge in [0.1, 0.15) is 5.75 Å². The highest BCUT2D eigenvalue weighted by Crippen LogP contribution is 2.22. The van der Waals surface area contributed by atoms with E-state index in [2.05, 4.69) is 5.32 Å². The minimum absolute atomic E-state index is 0.104. The number of phenolic OH excluding ortho intramolecular Hbond substituents is 1. The summed E-state index contributed by atoms with van der Waals surface area (Å²) in [6.45, 7) is 0. The van der Waals surface area contributed by atoms with E-state index >= 15 is 0 Å². The van der Waals surface area contributed by atoms with E-state index in [0.29, 0.717) is 11.7 Å². The van der Waals surface area contributed by atoms with Crippen LogP contribution in [0.15, 0.2) is 24.3 Å². The summed E-state index contributed by atoms with van der Waals surface area (Å²) in [5.41, 5.74) is 0.627. The summed E-state index contributed by atoms with van der Waals surface area (Å²) < 4.78 is 0. The van der Waals surface area contributed by atoms with Crippen LogP contribution in [0.25, 0.3) is 0 Å². The molecular weight excluding hydrogens is 228 g/mol. The molecule has 1 aliphatic carbocycles. The Morgan fingerprint density at radius 2 is 2.06 bits per heavy atom. The van der Waals surface area contributed by atoms with Crippen molar-refractivity contribution in [3.05, 3.63) is 24.3 Å². The molecule has 0 atom stereocenters. The maximum atomic E-state index is 12.1. The number of amides is 2. The molecule has 98 valence electrons. The number of rotatable bonds is 2. The van der Waals surface area contributed by atoms with Gasteiger partial charge in [-0.15, -0.1) is 0 Å². The number of benzene rings is 1. The van der Waals surface area contributed by atoms with Gasteiger partial charge < -0.3 is 15.3 Å². The number of carbonyl (C=O) groups excluding carboxylic acids is 1. The van der Waals surface area contributed by atoms with E-state index in [9.17, 15) is 9.90 Å². The lowest BCUT2D eigenvalue weighted by molar-refractivity contribution is 0.186. The molecule has 2 N–H and O–H groups in total. The van der Waals surface area contributed by atoms with Crippen molar-refractivity contribution in [2.24, 2.45) is 0 Å². The van der Waals surface area contributed by atoms with Gasteiger partial charge in [-0.25, -0.2) is 4.79 Å². The second-order valence-electron chi connectivity index (χ2n) is 4.88. The molecule has 0 bridgehead atoms. The van der Waals surface area contributed by atoms with Crippen LogP contribution < -0.4 is 5.32 Å². The molecular formula is C14H20N2O2. The van der Waals surface area contributed by atoms with Crippen molar-refractivity contribution in [1.82, 2.24) is 4.90 Å². The molecule has 0 saturated heterocycles. The molecule has 2 amide bonds. The van der Waals surface area contributed by atoms with Crippen LogP contribution >= 0.6 is 0 Å². The molecule has 1 aromatic rings. The number of aromatic hydroxyl groups is 1. The van der Waals surface area contributed by atoms with Gasteiger partial charge >= 0.3 is 6.03 Å². The van der Waals surface area contributed by atoms with Gasteiger partial charge in [-0.1, -0.05) is 25.3 Å². The number of hydrogen-bond donors (Lipinski definition) is 2. The molecule has 2 rings (SSSR count). The molecule has 1 saturated carbocycles. The van der Waals surface area contributed by atoms with E-state index in [1.165, 1.54) is 19.3 Å². The van der Waals surface area contributed by atoms with Crippen molar-refractivity contribution in [2.75, 3.05) is 12.4 Å². The normalized spacial score (nSPS) is 16.3. The highest BCUT2D eigenvalue weighted by Gasteiger charge is 2.21. The van der Waals surface area contributed by atoms with Crippen LogP contribution in [0.3, 0.4) is 0 Å². The topological polar surface area (TPSA) is 52.6 Å². The Labute approximate surface area is 108 Å². The van der Waals surface area contributed by atoms with Crippen LogP contribution in [-0.4, -0.2) is 29.1 Å². The smallest absolute Gasteiger partial charge is 0.321 e.